The minimum absolute atomic E-state index is 0.169. The lowest BCUT2D eigenvalue weighted by atomic mass is 9.81. The van der Waals surface area contributed by atoms with Gasteiger partial charge < -0.3 is 19.4 Å². The topological polar surface area (TPSA) is 133 Å². The predicted octanol–water partition coefficient (Wildman–Crippen LogP) is 6.14. The molecule has 1 aliphatic heterocycles. The fourth-order valence-electron chi connectivity index (χ4n) is 6.72. The van der Waals surface area contributed by atoms with Crippen molar-refractivity contribution < 1.29 is 27.5 Å². The lowest BCUT2D eigenvalue weighted by Crippen LogP contribution is -2.34. The van der Waals surface area contributed by atoms with Crippen molar-refractivity contribution in [3.63, 3.8) is 0 Å². The van der Waals surface area contributed by atoms with E-state index >= 15 is 0 Å². The number of nitrogens with zero attached hydrogens (tertiary/aromatic N) is 2. The average molecular weight is 665 g/mol. The van der Waals surface area contributed by atoms with Gasteiger partial charge in [0.1, 0.15) is 11.4 Å². The maximum atomic E-state index is 13.8. The van der Waals surface area contributed by atoms with Crippen LogP contribution < -0.4 is 15.2 Å². The van der Waals surface area contributed by atoms with Crippen LogP contribution in [0.2, 0.25) is 0 Å². The Hall–Kier alpha value is -3.67. The molecule has 2 aromatic carbocycles. The number of benzene rings is 2. The summed E-state index contributed by atoms with van der Waals surface area (Å²) in [5, 5.41) is 9.35. The normalized spacial score (nSPS) is 15.5. The molecule has 1 amide bonds. The molecule has 0 bridgehead atoms. The molecule has 10 nitrogen and oxygen atoms in total. The molecular weight excluding hydrogens is 616 g/mol. The van der Waals surface area contributed by atoms with Gasteiger partial charge in [0.05, 0.1) is 24.9 Å². The van der Waals surface area contributed by atoms with Crippen LogP contribution in [0.15, 0.2) is 42.0 Å². The van der Waals surface area contributed by atoms with E-state index in [9.17, 15) is 18.0 Å². The number of hydrogen-bond donors (Lipinski definition) is 2. The molecule has 1 fully saturated rings. The first-order valence-corrected chi connectivity index (χ1v) is 18.1. The Morgan fingerprint density at radius 3 is 2.47 bits per heavy atom. The molecule has 0 spiro atoms. The molecule has 0 unspecified atom stereocenters. The number of fused-ring (bicyclic) bond motifs is 5. The van der Waals surface area contributed by atoms with E-state index in [0.29, 0.717) is 55.3 Å². The molecule has 0 atom stereocenters. The Labute approximate surface area is 278 Å². The highest BCUT2D eigenvalue weighted by Crippen LogP contribution is 2.47. The van der Waals surface area contributed by atoms with Crippen LogP contribution in [0.5, 0.6) is 5.75 Å². The van der Waals surface area contributed by atoms with Crippen molar-refractivity contribution in [2.24, 2.45) is 5.14 Å². The molecule has 0 radical (unpaired) electrons. The minimum atomic E-state index is -3.70. The molecule has 254 valence electrons. The number of carbonyl (C=O) groups is 2. The number of methoxy groups -OCH3 is 1. The van der Waals surface area contributed by atoms with Crippen molar-refractivity contribution in [3.05, 3.63) is 58.7 Å². The number of carbonyl (C=O) groups excluding carboxylic acids is 2. The number of ether oxygens (including phenoxy) is 2. The largest absolute Gasteiger partial charge is 0.497 e. The predicted molar refractivity (Wildman–Crippen MR) is 185 cm³/mol. The zero-order chi connectivity index (χ0) is 33.9. The number of unbranched alkanes of at least 4 members (excludes halogenated alkanes) is 2. The van der Waals surface area contributed by atoms with Crippen molar-refractivity contribution in [1.29, 1.82) is 0 Å². The summed E-state index contributed by atoms with van der Waals surface area (Å²) in [5.41, 5.74) is 5.66. The Morgan fingerprint density at radius 1 is 1.04 bits per heavy atom. The van der Waals surface area contributed by atoms with Gasteiger partial charge in [-0.05, 0) is 99.9 Å². The van der Waals surface area contributed by atoms with E-state index in [0.717, 1.165) is 51.3 Å². The zero-order valence-corrected chi connectivity index (χ0v) is 29.0. The zero-order valence-electron chi connectivity index (χ0n) is 28.2. The first-order chi connectivity index (χ1) is 22.3. The van der Waals surface area contributed by atoms with Crippen LogP contribution in [-0.2, 0) is 26.3 Å². The van der Waals surface area contributed by atoms with E-state index in [1.165, 1.54) is 31.9 Å². The summed E-state index contributed by atoms with van der Waals surface area (Å²) >= 11 is 0. The quantitative estimate of drug-likeness (QED) is 0.187. The van der Waals surface area contributed by atoms with Crippen LogP contribution in [0.25, 0.3) is 28.2 Å². The lowest BCUT2D eigenvalue weighted by Gasteiger charge is -2.24. The molecule has 11 heteroatoms. The molecule has 1 aliphatic carbocycles. The number of esters is 1. The minimum Gasteiger partial charge on any atom is -0.497 e. The van der Waals surface area contributed by atoms with Gasteiger partial charge in [-0.1, -0.05) is 31.7 Å². The summed E-state index contributed by atoms with van der Waals surface area (Å²) in [6.45, 7) is 6.69. The van der Waals surface area contributed by atoms with Crippen LogP contribution in [-0.4, -0.2) is 62.0 Å². The summed E-state index contributed by atoms with van der Waals surface area (Å²) in [4.78, 5) is 27.0. The van der Waals surface area contributed by atoms with Gasteiger partial charge >= 0.3 is 5.97 Å². The van der Waals surface area contributed by atoms with Crippen LogP contribution in [0.3, 0.4) is 0 Å². The Morgan fingerprint density at radius 2 is 1.79 bits per heavy atom. The standard InChI is InChI=1S/C36H48N4O6S/c1-36(2,3)46-35(42)25-14-16-30-31(22-25)40-23-27(34(41)38-18-10-7-11-19-39(4)47(37,43)44)20-26-21-28(45-5)15-17-29(26)33(40)32(30)24-12-8-6-9-13-24/h14-17,20-22,24H,6-13,18-19,23H2,1-5H3,(H,38,41)(H2,37,43,44). The van der Waals surface area contributed by atoms with Gasteiger partial charge in [0.2, 0.25) is 5.91 Å². The first-order valence-electron chi connectivity index (χ1n) is 16.6. The second kappa shape index (κ2) is 14.2. The number of aromatic nitrogens is 1. The van der Waals surface area contributed by atoms with Crippen LogP contribution in [0, 0.1) is 0 Å². The molecule has 2 aliphatic rings. The van der Waals surface area contributed by atoms with Crippen molar-refractivity contribution in [2.75, 3.05) is 27.2 Å². The molecule has 0 saturated heterocycles. The molecule has 3 N–H and O–H groups in total. The Balaban J connectivity index is 1.52. The average Bonchev–Trinajstić information content (AvgIpc) is 3.23. The first kappa shape index (κ1) is 34.7. The van der Waals surface area contributed by atoms with E-state index in [2.05, 4.69) is 22.0 Å². The third-order valence-electron chi connectivity index (χ3n) is 9.09. The number of hydrogen-bond acceptors (Lipinski definition) is 6. The van der Waals surface area contributed by atoms with E-state index in [-0.39, 0.29) is 11.9 Å². The highest BCUT2D eigenvalue weighted by Gasteiger charge is 2.31. The summed E-state index contributed by atoms with van der Waals surface area (Å²) in [7, 11) is -0.605. The van der Waals surface area contributed by atoms with Crippen molar-refractivity contribution in [3.8, 4) is 17.0 Å². The van der Waals surface area contributed by atoms with Crippen molar-refractivity contribution in [1.82, 2.24) is 14.2 Å². The lowest BCUT2D eigenvalue weighted by molar-refractivity contribution is -0.117. The van der Waals surface area contributed by atoms with E-state index < -0.39 is 15.8 Å². The maximum Gasteiger partial charge on any atom is 0.338 e. The van der Waals surface area contributed by atoms with Crippen LogP contribution in [0.1, 0.15) is 99.5 Å². The smallest absolute Gasteiger partial charge is 0.338 e. The maximum absolute atomic E-state index is 13.8. The number of nitrogens with two attached hydrogens (primary N) is 1. The fraction of sp³-hybridized carbons (Fsp3) is 0.500. The monoisotopic (exact) mass is 664 g/mol. The SMILES string of the molecule is COc1ccc2c(c1)C=C(C(=O)NCCCCCN(C)S(N)(=O)=O)Cn1c-2c(C2CCCCC2)c2ccc(C(=O)OC(C)(C)C)cc21. The third kappa shape index (κ3) is 8.08. The van der Waals surface area contributed by atoms with Gasteiger partial charge in [0, 0.05) is 42.2 Å². The number of nitrogens with one attached hydrogen (secondary N) is 1. The van der Waals surface area contributed by atoms with Crippen molar-refractivity contribution in [2.45, 2.75) is 90.2 Å². The van der Waals surface area contributed by atoms with Gasteiger partial charge in [0.25, 0.3) is 10.2 Å². The number of rotatable bonds is 11. The summed E-state index contributed by atoms with van der Waals surface area (Å²) < 4.78 is 37.6. The van der Waals surface area contributed by atoms with Gasteiger partial charge in [-0.2, -0.15) is 12.7 Å². The molecule has 47 heavy (non-hydrogen) atoms. The molecule has 2 heterocycles. The van der Waals surface area contributed by atoms with Gasteiger partial charge in [-0.3, -0.25) is 4.79 Å². The summed E-state index contributed by atoms with van der Waals surface area (Å²) in [6.07, 6.45) is 9.80. The Kier molecular flexibility index (Phi) is 10.5. The van der Waals surface area contributed by atoms with E-state index in [4.69, 9.17) is 14.6 Å². The second-order valence-electron chi connectivity index (χ2n) is 13.7. The molecule has 3 aromatic rings. The fourth-order valence-corrected chi connectivity index (χ4v) is 7.11. The van der Waals surface area contributed by atoms with Crippen molar-refractivity contribution >= 4 is 39.1 Å². The third-order valence-corrected chi connectivity index (χ3v) is 10.1. The molecule has 1 saturated carbocycles. The molecule has 5 rings (SSSR count). The van der Waals surface area contributed by atoms with Crippen LogP contribution in [0.4, 0.5) is 0 Å². The van der Waals surface area contributed by atoms with E-state index in [1.807, 2.05) is 51.1 Å². The summed E-state index contributed by atoms with van der Waals surface area (Å²) in [6, 6.07) is 11.9. The van der Waals surface area contributed by atoms with Crippen LogP contribution >= 0.6 is 0 Å². The van der Waals surface area contributed by atoms with E-state index in [1.54, 1.807) is 7.11 Å². The molecular formula is C36H48N4O6S. The number of amides is 1. The van der Waals surface area contributed by atoms with Gasteiger partial charge in [0.15, 0.2) is 0 Å². The highest BCUT2D eigenvalue weighted by molar-refractivity contribution is 7.86. The highest BCUT2D eigenvalue weighted by atomic mass is 32.2. The Bertz CT molecular complexity index is 1780. The summed E-state index contributed by atoms with van der Waals surface area (Å²) in [5.74, 6) is 0.531. The van der Waals surface area contributed by atoms with Gasteiger partial charge in [-0.15, -0.1) is 0 Å². The van der Waals surface area contributed by atoms with Gasteiger partial charge in [-0.25, -0.2) is 9.93 Å². The molecule has 1 aromatic heterocycles. The second-order valence-corrected chi connectivity index (χ2v) is 15.4.